The summed E-state index contributed by atoms with van der Waals surface area (Å²) < 4.78 is 44.4. The summed E-state index contributed by atoms with van der Waals surface area (Å²) in [5, 5.41) is 0. The molecular weight excluding hydrogens is 462 g/mol. The zero-order chi connectivity index (χ0) is 24.5. The first-order valence-corrected chi connectivity index (χ1v) is 12.0. The maximum absolute atomic E-state index is 13.1. The number of nitrogens with zero attached hydrogens (tertiary/aromatic N) is 3. The number of fused-ring (bicyclic) bond motifs is 1. The molecule has 0 radical (unpaired) electrons. The topological polar surface area (TPSA) is 111 Å². The molecule has 34 heavy (non-hydrogen) atoms. The maximum Gasteiger partial charge on any atom is 0.419 e. The molecule has 0 aliphatic carbocycles. The Hall–Kier alpha value is -3.57. The number of carbonyl (C=O) groups excluding carboxylic acids is 1. The van der Waals surface area contributed by atoms with Crippen LogP contribution in [0.15, 0.2) is 56.6 Å². The highest BCUT2D eigenvalue weighted by Gasteiger charge is 2.30. The summed E-state index contributed by atoms with van der Waals surface area (Å²) >= 11 is 0. The number of oxazole rings is 1. The first-order valence-electron chi connectivity index (χ1n) is 10.5. The summed E-state index contributed by atoms with van der Waals surface area (Å²) in [4.78, 5) is 26.0. The predicted octanol–water partition coefficient (Wildman–Crippen LogP) is 1.69. The smallest absolute Gasteiger partial charge is 0.419 e. The Morgan fingerprint density at radius 3 is 2.38 bits per heavy atom. The van der Waals surface area contributed by atoms with Crippen LogP contribution in [0.1, 0.15) is 5.56 Å². The third-order valence-corrected chi connectivity index (χ3v) is 7.67. The summed E-state index contributed by atoms with van der Waals surface area (Å²) in [5.74, 6) is 0.387. The van der Waals surface area contributed by atoms with Gasteiger partial charge in [0.15, 0.2) is 17.1 Å². The van der Waals surface area contributed by atoms with Crippen molar-refractivity contribution in [1.29, 1.82) is 0 Å². The Kier molecular flexibility index (Phi) is 6.49. The van der Waals surface area contributed by atoms with Crippen molar-refractivity contribution < 1.29 is 27.1 Å². The van der Waals surface area contributed by atoms with E-state index < -0.39 is 15.8 Å². The fourth-order valence-electron chi connectivity index (χ4n) is 3.80. The molecule has 2 heterocycles. The van der Waals surface area contributed by atoms with Crippen molar-refractivity contribution >= 4 is 33.1 Å². The average molecular weight is 488 g/mol. The Balaban J connectivity index is 1.42. The number of piperazine rings is 1. The highest BCUT2D eigenvalue weighted by atomic mass is 32.2. The molecular formula is C23H25N3O7S. The van der Waals surface area contributed by atoms with Crippen LogP contribution in [0.3, 0.4) is 0 Å². The van der Waals surface area contributed by atoms with E-state index in [2.05, 4.69) is 0 Å². The van der Waals surface area contributed by atoms with E-state index in [0.29, 0.717) is 17.0 Å². The number of benzene rings is 2. The number of methoxy groups -OCH3 is 2. The highest BCUT2D eigenvalue weighted by Crippen LogP contribution is 2.28. The first-order chi connectivity index (χ1) is 16.2. The van der Waals surface area contributed by atoms with Gasteiger partial charge in [0.2, 0.25) is 15.9 Å². The molecule has 1 aromatic heterocycles. The van der Waals surface area contributed by atoms with Gasteiger partial charge in [0.25, 0.3) is 0 Å². The number of hydrogen-bond donors (Lipinski definition) is 0. The molecule has 1 amide bonds. The number of hydrogen-bond acceptors (Lipinski definition) is 7. The zero-order valence-electron chi connectivity index (χ0n) is 19.1. The van der Waals surface area contributed by atoms with Crippen molar-refractivity contribution in [3.63, 3.8) is 0 Å². The van der Waals surface area contributed by atoms with Gasteiger partial charge in [-0.3, -0.25) is 9.36 Å². The van der Waals surface area contributed by atoms with Crippen LogP contribution in [-0.2, 0) is 21.9 Å². The van der Waals surface area contributed by atoms with Crippen molar-refractivity contribution in [2.75, 3.05) is 40.4 Å². The first kappa shape index (κ1) is 23.6. The van der Waals surface area contributed by atoms with Crippen LogP contribution in [0.2, 0.25) is 0 Å². The van der Waals surface area contributed by atoms with Crippen LogP contribution in [0, 0.1) is 0 Å². The third kappa shape index (κ3) is 4.44. The van der Waals surface area contributed by atoms with Crippen LogP contribution in [0.5, 0.6) is 11.5 Å². The van der Waals surface area contributed by atoms with E-state index in [9.17, 15) is 18.0 Å². The van der Waals surface area contributed by atoms with Crippen LogP contribution in [0.25, 0.3) is 17.2 Å². The van der Waals surface area contributed by atoms with Crippen molar-refractivity contribution in [3.8, 4) is 11.5 Å². The standard InChI is InChI=1S/C23H25N3O7S/c1-24-18-7-6-17(15-20(18)33-23(24)28)34(29,30)26-12-10-25(11-13-26)22(27)9-5-16-4-8-19(31-2)21(14-16)32-3/h4-9,14-15H,10-13H2,1-3H3. The molecule has 4 rings (SSSR count). The summed E-state index contributed by atoms with van der Waals surface area (Å²) in [6.07, 6.45) is 3.13. The molecule has 0 unspecified atom stereocenters. The molecule has 180 valence electrons. The minimum atomic E-state index is -3.80. The molecule has 1 aliphatic rings. The predicted molar refractivity (Wildman–Crippen MR) is 125 cm³/mol. The minimum Gasteiger partial charge on any atom is -0.493 e. The van der Waals surface area contributed by atoms with Gasteiger partial charge in [-0.15, -0.1) is 0 Å². The lowest BCUT2D eigenvalue weighted by atomic mass is 10.2. The summed E-state index contributed by atoms with van der Waals surface area (Å²) in [6, 6.07) is 9.68. The molecule has 3 aromatic rings. The molecule has 11 heteroatoms. The quantitative estimate of drug-likeness (QED) is 0.487. The molecule has 0 spiro atoms. The maximum atomic E-state index is 13.1. The molecule has 1 saturated heterocycles. The van der Waals surface area contributed by atoms with Gasteiger partial charge in [0, 0.05) is 45.4 Å². The Bertz CT molecular complexity index is 1410. The van der Waals surface area contributed by atoms with Gasteiger partial charge in [-0.25, -0.2) is 13.2 Å². The van der Waals surface area contributed by atoms with E-state index in [4.69, 9.17) is 13.9 Å². The van der Waals surface area contributed by atoms with Crippen LogP contribution < -0.4 is 15.2 Å². The minimum absolute atomic E-state index is 0.0440. The molecule has 1 fully saturated rings. The third-order valence-electron chi connectivity index (χ3n) is 5.78. The fourth-order valence-corrected chi connectivity index (χ4v) is 5.24. The van der Waals surface area contributed by atoms with Crippen molar-refractivity contribution in [2.24, 2.45) is 7.05 Å². The molecule has 1 aliphatic heterocycles. The number of rotatable bonds is 6. The van der Waals surface area contributed by atoms with Crippen molar-refractivity contribution in [2.45, 2.75) is 4.90 Å². The summed E-state index contributed by atoms with van der Waals surface area (Å²) in [7, 11) is 0.848. The molecule has 10 nitrogen and oxygen atoms in total. The van der Waals surface area contributed by atoms with Gasteiger partial charge in [-0.2, -0.15) is 4.31 Å². The van der Waals surface area contributed by atoms with Crippen molar-refractivity contribution in [1.82, 2.24) is 13.8 Å². The van der Waals surface area contributed by atoms with Gasteiger partial charge in [-0.05, 0) is 35.9 Å². The van der Waals surface area contributed by atoms with E-state index in [0.717, 1.165) is 5.56 Å². The zero-order valence-corrected chi connectivity index (χ0v) is 19.9. The van der Waals surface area contributed by atoms with Gasteiger partial charge >= 0.3 is 5.76 Å². The molecule has 0 N–H and O–H groups in total. The van der Waals surface area contributed by atoms with Gasteiger partial charge in [0.1, 0.15) is 0 Å². The monoisotopic (exact) mass is 487 g/mol. The second-order valence-electron chi connectivity index (χ2n) is 7.73. The van der Waals surface area contributed by atoms with Crippen LogP contribution in [0.4, 0.5) is 0 Å². The van der Waals surface area contributed by atoms with Gasteiger partial charge in [-0.1, -0.05) is 6.07 Å². The van der Waals surface area contributed by atoms with E-state index in [1.807, 2.05) is 0 Å². The molecule has 2 aromatic carbocycles. The second kappa shape index (κ2) is 9.35. The summed E-state index contributed by atoms with van der Waals surface area (Å²) in [6.45, 7) is 0.845. The Labute approximate surface area is 196 Å². The molecule has 0 atom stereocenters. The van der Waals surface area contributed by atoms with Gasteiger partial charge < -0.3 is 18.8 Å². The number of carbonyl (C=O) groups is 1. The largest absolute Gasteiger partial charge is 0.493 e. The molecule has 0 saturated carbocycles. The average Bonchev–Trinajstić information content (AvgIpc) is 3.14. The fraction of sp³-hybridized carbons (Fsp3) is 0.304. The van der Waals surface area contributed by atoms with E-state index >= 15 is 0 Å². The lowest BCUT2D eigenvalue weighted by molar-refractivity contribution is -0.127. The lowest BCUT2D eigenvalue weighted by Gasteiger charge is -2.33. The van der Waals surface area contributed by atoms with E-state index in [1.165, 1.54) is 34.2 Å². The molecule has 0 bridgehead atoms. The number of sulfonamides is 1. The Morgan fingerprint density at radius 2 is 1.71 bits per heavy atom. The number of aromatic nitrogens is 1. The van der Waals surface area contributed by atoms with Crippen molar-refractivity contribution in [3.05, 3.63) is 58.6 Å². The lowest BCUT2D eigenvalue weighted by Crippen LogP contribution is -2.50. The summed E-state index contributed by atoms with van der Waals surface area (Å²) in [5.41, 5.74) is 1.50. The number of aryl methyl sites for hydroxylation is 1. The Morgan fingerprint density at radius 1 is 1.00 bits per heavy atom. The van der Waals surface area contributed by atoms with E-state index in [-0.39, 0.29) is 42.6 Å². The van der Waals surface area contributed by atoms with Gasteiger partial charge in [0.05, 0.1) is 24.6 Å². The number of ether oxygens (including phenoxy) is 2. The van der Waals surface area contributed by atoms with Crippen LogP contribution in [-0.4, -0.2) is 68.5 Å². The van der Waals surface area contributed by atoms with E-state index in [1.54, 1.807) is 49.4 Å². The normalized spacial score (nSPS) is 15.2. The highest BCUT2D eigenvalue weighted by molar-refractivity contribution is 7.89. The second-order valence-corrected chi connectivity index (χ2v) is 9.67. The SMILES string of the molecule is COc1ccc(C=CC(=O)N2CCN(S(=O)(=O)c3ccc4c(c3)oc(=O)n4C)CC2)cc1OC. The number of amides is 1. The van der Waals surface area contributed by atoms with Crippen LogP contribution >= 0.6 is 0 Å².